The molecule has 1 unspecified atom stereocenters. The molecule has 1 heterocycles. The van der Waals surface area contributed by atoms with E-state index in [0.717, 1.165) is 5.56 Å². The number of halogens is 1. The molecule has 1 aliphatic rings. The first-order valence-electron chi connectivity index (χ1n) is 6.50. The van der Waals surface area contributed by atoms with Crippen molar-refractivity contribution < 1.29 is 14.3 Å². The fraction of sp³-hybridized carbons (Fsp3) is 0.429. The van der Waals surface area contributed by atoms with Crippen molar-refractivity contribution in [1.29, 1.82) is 0 Å². The van der Waals surface area contributed by atoms with Crippen LogP contribution >= 0.6 is 12.2 Å². The van der Waals surface area contributed by atoms with Crippen LogP contribution in [0, 0.1) is 11.7 Å². The Morgan fingerprint density at radius 1 is 1.35 bits per heavy atom. The zero-order valence-corrected chi connectivity index (χ0v) is 11.8. The summed E-state index contributed by atoms with van der Waals surface area (Å²) in [6.45, 7) is 1.24. The van der Waals surface area contributed by atoms with Crippen LogP contribution in [0.5, 0.6) is 0 Å². The highest BCUT2D eigenvalue weighted by molar-refractivity contribution is 7.80. The summed E-state index contributed by atoms with van der Waals surface area (Å²) in [6.07, 6.45) is 1.16. The number of nitrogens with zero attached hydrogens (tertiary/aromatic N) is 1. The quantitative estimate of drug-likeness (QED) is 0.831. The lowest BCUT2D eigenvalue weighted by Gasteiger charge is -2.36. The molecular weight excluding hydrogens is 279 g/mol. The number of carboxylic acid groups (broad SMARTS) is 1. The van der Waals surface area contributed by atoms with Gasteiger partial charge in [-0.3, -0.25) is 9.69 Å². The van der Waals surface area contributed by atoms with Gasteiger partial charge < -0.3 is 10.8 Å². The number of hydrogen-bond donors (Lipinski definition) is 2. The van der Waals surface area contributed by atoms with Crippen molar-refractivity contribution >= 4 is 23.2 Å². The number of likely N-dealkylation sites (tertiary alicyclic amines) is 1. The van der Waals surface area contributed by atoms with E-state index in [4.69, 9.17) is 23.1 Å². The molecule has 0 bridgehead atoms. The standard InChI is InChI=1S/C14H17FN2O2S/c15-11-3-1-9(2-4-11)12(13(16)20)17-7-5-10(6-8-17)14(18)19/h1-4,10,12H,5-8H2,(H2,16,20)(H,18,19). The van der Waals surface area contributed by atoms with Gasteiger partial charge in [-0.25, -0.2) is 4.39 Å². The Morgan fingerprint density at radius 2 is 1.90 bits per heavy atom. The number of nitrogens with two attached hydrogens (primary N) is 1. The second kappa shape index (κ2) is 6.28. The molecule has 1 aromatic carbocycles. The number of thiocarbonyl (C=S) groups is 1. The van der Waals surface area contributed by atoms with Crippen LogP contribution in [-0.2, 0) is 4.79 Å². The van der Waals surface area contributed by atoms with E-state index in [1.165, 1.54) is 12.1 Å². The molecular formula is C14H17FN2O2S. The van der Waals surface area contributed by atoms with Crippen LogP contribution in [0.1, 0.15) is 24.4 Å². The number of rotatable bonds is 4. The monoisotopic (exact) mass is 296 g/mol. The van der Waals surface area contributed by atoms with Crippen LogP contribution in [0.4, 0.5) is 4.39 Å². The van der Waals surface area contributed by atoms with E-state index in [9.17, 15) is 9.18 Å². The maximum atomic E-state index is 13.0. The Kier molecular flexibility index (Phi) is 4.67. The van der Waals surface area contributed by atoms with Gasteiger partial charge in [-0.2, -0.15) is 0 Å². The van der Waals surface area contributed by atoms with Crippen molar-refractivity contribution in [3.8, 4) is 0 Å². The topological polar surface area (TPSA) is 66.6 Å². The summed E-state index contributed by atoms with van der Waals surface area (Å²) in [6, 6.07) is 5.83. The molecule has 3 N–H and O–H groups in total. The van der Waals surface area contributed by atoms with Gasteiger partial charge in [0.15, 0.2) is 0 Å². The first-order chi connectivity index (χ1) is 9.49. The van der Waals surface area contributed by atoms with Gasteiger partial charge in [0.25, 0.3) is 0 Å². The highest BCUT2D eigenvalue weighted by Gasteiger charge is 2.30. The normalized spacial score (nSPS) is 18.6. The van der Waals surface area contributed by atoms with Crippen molar-refractivity contribution in [2.24, 2.45) is 11.7 Å². The zero-order chi connectivity index (χ0) is 14.7. The number of carboxylic acids is 1. The van der Waals surface area contributed by atoms with E-state index < -0.39 is 5.97 Å². The summed E-state index contributed by atoms with van der Waals surface area (Å²) in [4.78, 5) is 13.4. The van der Waals surface area contributed by atoms with Crippen LogP contribution in [0.15, 0.2) is 24.3 Å². The van der Waals surface area contributed by atoms with E-state index in [-0.39, 0.29) is 17.8 Å². The van der Waals surface area contributed by atoms with Crippen LogP contribution in [0.25, 0.3) is 0 Å². The highest BCUT2D eigenvalue weighted by atomic mass is 32.1. The number of benzene rings is 1. The molecule has 2 rings (SSSR count). The van der Waals surface area contributed by atoms with Crippen LogP contribution in [0.3, 0.4) is 0 Å². The first kappa shape index (κ1) is 14.9. The molecule has 1 aliphatic heterocycles. The van der Waals surface area contributed by atoms with E-state index in [1.54, 1.807) is 12.1 Å². The number of carbonyl (C=O) groups is 1. The zero-order valence-electron chi connectivity index (χ0n) is 11.0. The SMILES string of the molecule is NC(=S)C(c1ccc(F)cc1)N1CCC(C(=O)O)CC1. The Morgan fingerprint density at radius 3 is 2.35 bits per heavy atom. The average Bonchev–Trinajstić information content (AvgIpc) is 2.41. The van der Waals surface area contributed by atoms with Gasteiger partial charge in [0.05, 0.1) is 16.9 Å². The maximum Gasteiger partial charge on any atom is 0.306 e. The van der Waals surface area contributed by atoms with Crippen molar-refractivity contribution in [3.05, 3.63) is 35.6 Å². The van der Waals surface area contributed by atoms with Crippen molar-refractivity contribution in [2.75, 3.05) is 13.1 Å². The molecule has 0 saturated carbocycles. The summed E-state index contributed by atoms with van der Waals surface area (Å²) in [7, 11) is 0. The molecule has 108 valence electrons. The fourth-order valence-corrected chi connectivity index (χ4v) is 2.89. The third-order valence-electron chi connectivity index (χ3n) is 3.70. The minimum atomic E-state index is -0.752. The molecule has 1 atom stereocenters. The molecule has 0 aliphatic carbocycles. The number of hydrogen-bond acceptors (Lipinski definition) is 3. The third kappa shape index (κ3) is 3.32. The Balaban J connectivity index is 2.12. The summed E-state index contributed by atoms with van der Waals surface area (Å²) in [5.41, 5.74) is 6.65. The Bertz CT molecular complexity index is 498. The molecule has 0 spiro atoms. The molecule has 1 saturated heterocycles. The van der Waals surface area contributed by atoms with Crippen LogP contribution in [0.2, 0.25) is 0 Å². The maximum absolute atomic E-state index is 13.0. The number of aliphatic carboxylic acids is 1. The predicted molar refractivity (Wildman–Crippen MR) is 77.9 cm³/mol. The van der Waals surface area contributed by atoms with Crippen LogP contribution in [-0.4, -0.2) is 34.1 Å². The summed E-state index contributed by atoms with van der Waals surface area (Å²) < 4.78 is 13.0. The second-order valence-electron chi connectivity index (χ2n) is 5.00. The molecule has 1 aromatic rings. The van der Waals surface area contributed by atoms with Gasteiger partial charge in [0.1, 0.15) is 5.82 Å². The number of piperidine rings is 1. The van der Waals surface area contributed by atoms with Gasteiger partial charge >= 0.3 is 5.97 Å². The predicted octanol–water partition coefficient (Wildman–Crippen LogP) is 1.95. The van der Waals surface area contributed by atoms with Gasteiger partial charge in [-0.15, -0.1) is 0 Å². The lowest BCUT2D eigenvalue weighted by molar-refractivity contribution is -0.143. The molecule has 6 heteroatoms. The first-order valence-corrected chi connectivity index (χ1v) is 6.91. The summed E-state index contributed by atoms with van der Waals surface area (Å²) in [5, 5.41) is 9.01. The molecule has 1 fully saturated rings. The van der Waals surface area contributed by atoms with E-state index >= 15 is 0 Å². The van der Waals surface area contributed by atoms with Gasteiger partial charge in [0, 0.05) is 0 Å². The van der Waals surface area contributed by atoms with E-state index in [2.05, 4.69) is 4.90 Å². The summed E-state index contributed by atoms with van der Waals surface area (Å²) >= 11 is 5.12. The third-order valence-corrected chi connectivity index (χ3v) is 3.92. The lowest BCUT2D eigenvalue weighted by Crippen LogP contribution is -2.43. The van der Waals surface area contributed by atoms with Gasteiger partial charge in [-0.05, 0) is 43.6 Å². The van der Waals surface area contributed by atoms with E-state index in [0.29, 0.717) is 30.9 Å². The molecule has 0 aromatic heterocycles. The van der Waals surface area contributed by atoms with Crippen molar-refractivity contribution in [1.82, 2.24) is 4.90 Å². The molecule has 0 radical (unpaired) electrons. The molecule has 4 nitrogen and oxygen atoms in total. The van der Waals surface area contributed by atoms with Crippen LogP contribution < -0.4 is 5.73 Å². The second-order valence-corrected chi connectivity index (χ2v) is 5.48. The highest BCUT2D eigenvalue weighted by Crippen LogP contribution is 2.27. The van der Waals surface area contributed by atoms with Crippen molar-refractivity contribution in [2.45, 2.75) is 18.9 Å². The Hall–Kier alpha value is -1.53. The van der Waals surface area contributed by atoms with Gasteiger partial charge in [0.2, 0.25) is 0 Å². The Labute approximate surface area is 122 Å². The smallest absolute Gasteiger partial charge is 0.306 e. The summed E-state index contributed by atoms with van der Waals surface area (Å²) in [5.74, 6) is -1.36. The average molecular weight is 296 g/mol. The largest absolute Gasteiger partial charge is 0.481 e. The fourth-order valence-electron chi connectivity index (χ4n) is 2.60. The minimum Gasteiger partial charge on any atom is -0.481 e. The minimum absolute atomic E-state index is 0.264. The lowest BCUT2D eigenvalue weighted by atomic mass is 9.94. The van der Waals surface area contributed by atoms with Crippen molar-refractivity contribution in [3.63, 3.8) is 0 Å². The molecule has 20 heavy (non-hydrogen) atoms. The van der Waals surface area contributed by atoms with Gasteiger partial charge in [-0.1, -0.05) is 24.4 Å². The molecule has 0 amide bonds. The van der Waals surface area contributed by atoms with E-state index in [1.807, 2.05) is 0 Å².